The van der Waals surface area contributed by atoms with Gasteiger partial charge in [-0.15, -0.1) is 0 Å². The standard InChI is InChI=1S/C10H17N3O2S/c1-7(2)13(3)9(14)5-11-4-8-6-16-10(15)12-8/h6-7,11H,4-5H2,1-3H3,(H,12,15). The van der Waals surface area contributed by atoms with Gasteiger partial charge in [0.05, 0.1) is 6.54 Å². The Morgan fingerprint density at radius 3 is 2.81 bits per heavy atom. The summed E-state index contributed by atoms with van der Waals surface area (Å²) in [5.74, 6) is 0.0487. The molecule has 0 aromatic carbocycles. The van der Waals surface area contributed by atoms with E-state index in [2.05, 4.69) is 10.3 Å². The highest BCUT2D eigenvalue weighted by atomic mass is 32.1. The van der Waals surface area contributed by atoms with Crippen molar-refractivity contribution >= 4 is 17.2 Å². The summed E-state index contributed by atoms with van der Waals surface area (Å²) in [7, 11) is 1.78. The van der Waals surface area contributed by atoms with Crippen LogP contribution in [0.2, 0.25) is 0 Å². The lowest BCUT2D eigenvalue weighted by Gasteiger charge is -2.21. The minimum Gasteiger partial charge on any atom is -0.342 e. The van der Waals surface area contributed by atoms with Gasteiger partial charge in [-0.25, -0.2) is 0 Å². The fourth-order valence-electron chi connectivity index (χ4n) is 1.12. The van der Waals surface area contributed by atoms with Gasteiger partial charge in [0.2, 0.25) is 5.91 Å². The zero-order valence-corrected chi connectivity index (χ0v) is 10.6. The number of nitrogens with one attached hydrogen (secondary N) is 2. The molecule has 0 unspecified atom stereocenters. The summed E-state index contributed by atoms with van der Waals surface area (Å²) < 4.78 is 0. The molecule has 90 valence electrons. The topological polar surface area (TPSA) is 65.2 Å². The first kappa shape index (κ1) is 12.9. The Labute approximate surface area is 98.5 Å². The van der Waals surface area contributed by atoms with Crippen molar-refractivity contribution in [3.8, 4) is 0 Å². The van der Waals surface area contributed by atoms with Crippen molar-refractivity contribution < 1.29 is 4.79 Å². The van der Waals surface area contributed by atoms with Crippen LogP contribution in [0, 0.1) is 0 Å². The monoisotopic (exact) mass is 243 g/mol. The Kier molecular flexibility index (Phi) is 4.70. The number of thiazole rings is 1. The fraction of sp³-hybridized carbons (Fsp3) is 0.600. The van der Waals surface area contributed by atoms with Crippen molar-refractivity contribution in [2.45, 2.75) is 26.4 Å². The Balaban J connectivity index is 2.30. The van der Waals surface area contributed by atoms with Gasteiger partial charge in [0.1, 0.15) is 0 Å². The highest BCUT2D eigenvalue weighted by molar-refractivity contribution is 7.07. The zero-order chi connectivity index (χ0) is 12.1. The Hall–Kier alpha value is -1.14. The van der Waals surface area contributed by atoms with Crippen molar-refractivity contribution in [1.29, 1.82) is 0 Å². The highest BCUT2D eigenvalue weighted by Crippen LogP contribution is 1.96. The molecule has 1 heterocycles. The molecule has 1 aromatic heterocycles. The van der Waals surface area contributed by atoms with Crippen LogP contribution in [0.25, 0.3) is 0 Å². The van der Waals surface area contributed by atoms with Gasteiger partial charge in [-0.3, -0.25) is 9.59 Å². The van der Waals surface area contributed by atoms with Gasteiger partial charge in [0.25, 0.3) is 0 Å². The van der Waals surface area contributed by atoms with Gasteiger partial charge < -0.3 is 15.2 Å². The first-order valence-electron chi connectivity index (χ1n) is 5.13. The number of nitrogens with zero attached hydrogens (tertiary/aromatic N) is 1. The van der Waals surface area contributed by atoms with Crippen LogP contribution in [0.4, 0.5) is 0 Å². The van der Waals surface area contributed by atoms with E-state index in [0.29, 0.717) is 6.54 Å². The summed E-state index contributed by atoms with van der Waals surface area (Å²) in [5.41, 5.74) is 0.815. The van der Waals surface area contributed by atoms with Crippen LogP contribution >= 0.6 is 11.3 Å². The molecular weight excluding hydrogens is 226 g/mol. The number of aromatic nitrogens is 1. The smallest absolute Gasteiger partial charge is 0.304 e. The van der Waals surface area contributed by atoms with Crippen molar-refractivity contribution in [3.63, 3.8) is 0 Å². The summed E-state index contributed by atoms with van der Waals surface area (Å²) >= 11 is 1.13. The maximum absolute atomic E-state index is 11.6. The maximum atomic E-state index is 11.6. The summed E-state index contributed by atoms with van der Waals surface area (Å²) in [5, 5.41) is 4.75. The molecule has 0 fully saturated rings. The third-order valence-electron chi connectivity index (χ3n) is 2.33. The number of aromatic amines is 1. The number of hydrogen-bond acceptors (Lipinski definition) is 4. The fourth-order valence-corrected chi connectivity index (χ4v) is 1.70. The molecule has 2 N–H and O–H groups in total. The average Bonchev–Trinajstić information content (AvgIpc) is 2.62. The van der Waals surface area contributed by atoms with E-state index in [-0.39, 0.29) is 23.4 Å². The molecule has 5 nitrogen and oxygen atoms in total. The lowest BCUT2D eigenvalue weighted by Crippen LogP contribution is -2.39. The third-order valence-corrected chi connectivity index (χ3v) is 3.05. The molecule has 0 aliphatic heterocycles. The minimum absolute atomic E-state index is 0.0487. The van der Waals surface area contributed by atoms with Crippen molar-refractivity contribution in [1.82, 2.24) is 15.2 Å². The summed E-state index contributed by atoms with van der Waals surface area (Å²) in [6.07, 6.45) is 0. The second-order valence-electron chi connectivity index (χ2n) is 3.88. The molecule has 1 amide bonds. The zero-order valence-electron chi connectivity index (χ0n) is 9.74. The normalized spacial score (nSPS) is 10.8. The second kappa shape index (κ2) is 5.81. The second-order valence-corrected chi connectivity index (χ2v) is 4.72. The SMILES string of the molecule is CC(C)N(C)C(=O)CNCc1csc(=O)[nH]1. The van der Waals surface area contributed by atoms with Crippen molar-refractivity contribution in [2.24, 2.45) is 0 Å². The largest absolute Gasteiger partial charge is 0.342 e. The van der Waals surface area contributed by atoms with Crippen LogP contribution < -0.4 is 10.2 Å². The number of likely N-dealkylation sites (N-methyl/N-ethyl adjacent to an activating group) is 1. The molecule has 0 radical (unpaired) electrons. The van der Waals surface area contributed by atoms with E-state index >= 15 is 0 Å². The van der Waals surface area contributed by atoms with Gasteiger partial charge in [-0.1, -0.05) is 11.3 Å². The lowest BCUT2D eigenvalue weighted by atomic mass is 10.3. The Bertz CT molecular complexity index is 397. The molecule has 1 aromatic rings. The van der Waals surface area contributed by atoms with E-state index in [0.717, 1.165) is 17.0 Å². The molecule has 6 heteroatoms. The predicted molar refractivity (Wildman–Crippen MR) is 64.6 cm³/mol. The molecule has 0 aliphatic carbocycles. The van der Waals surface area contributed by atoms with E-state index in [4.69, 9.17) is 0 Å². The van der Waals surface area contributed by atoms with Gasteiger partial charge in [-0.2, -0.15) is 0 Å². The van der Waals surface area contributed by atoms with Crippen molar-refractivity contribution in [3.05, 3.63) is 20.7 Å². The van der Waals surface area contributed by atoms with Crippen LogP contribution in [0.15, 0.2) is 10.2 Å². The number of H-pyrrole nitrogens is 1. The van der Waals surface area contributed by atoms with E-state index in [1.165, 1.54) is 0 Å². The molecule has 0 aliphatic rings. The number of carbonyl (C=O) groups is 1. The molecule has 0 saturated heterocycles. The number of carbonyl (C=O) groups excluding carboxylic acids is 1. The third kappa shape index (κ3) is 3.79. The van der Waals surface area contributed by atoms with Gasteiger partial charge in [-0.05, 0) is 13.8 Å². The number of amides is 1. The van der Waals surface area contributed by atoms with E-state index in [1.54, 1.807) is 17.3 Å². The molecule has 0 bridgehead atoms. The summed E-state index contributed by atoms with van der Waals surface area (Å²) in [4.78, 5) is 26.7. The maximum Gasteiger partial charge on any atom is 0.304 e. The average molecular weight is 243 g/mol. The van der Waals surface area contributed by atoms with Crippen LogP contribution in [-0.4, -0.2) is 35.4 Å². The predicted octanol–water partition coefficient (Wildman–Crippen LogP) is 0.393. The first-order valence-corrected chi connectivity index (χ1v) is 6.01. The van der Waals surface area contributed by atoms with E-state index in [1.807, 2.05) is 13.8 Å². The minimum atomic E-state index is -0.0672. The summed E-state index contributed by atoms with van der Waals surface area (Å²) in [6.45, 7) is 4.73. The van der Waals surface area contributed by atoms with E-state index < -0.39 is 0 Å². The van der Waals surface area contributed by atoms with Crippen LogP contribution in [0.5, 0.6) is 0 Å². The first-order chi connectivity index (χ1) is 7.50. The molecule has 0 spiro atoms. The van der Waals surface area contributed by atoms with Crippen LogP contribution in [0.3, 0.4) is 0 Å². The molecule has 1 rings (SSSR count). The van der Waals surface area contributed by atoms with E-state index in [9.17, 15) is 9.59 Å². The highest BCUT2D eigenvalue weighted by Gasteiger charge is 2.10. The van der Waals surface area contributed by atoms with Crippen LogP contribution in [-0.2, 0) is 11.3 Å². The Morgan fingerprint density at radius 1 is 1.62 bits per heavy atom. The molecule has 0 atom stereocenters. The number of rotatable bonds is 5. The quantitative estimate of drug-likeness (QED) is 0.786. The Morgan fingerprint density at radius 2 is 2.31 bits per heavy atom. The van der Waals surface area contributed by atoms with Crippen molar-refractivity contribution in [2.75, 3.05) is 13.6 Å². The molecule has 0 saturated carbocycles. The van der Waals surface area contributed by atoms with Gasteiger partial charge in [0.15, 0.2) is 0 Å². The molecular formula is C10H17N3O2S. The lowest BCUT2D eigenvalue weighted by molar-refractivity contribution is -0.130. The van der Waals surface area contributed by atoms with Gasteiger partial charge in [0, 0.05) is 30.7 Å². The number of hydrogen-bond donors (Lipinski definition) is 2. The molecule has 16 heavy (non-hydrogen) atoms. The summed E-state index contributed by atoms with van der Waals surface area (Å²) in [6, 6.07) is 0.204. The van der Waals surface area contributed by atoms with Crippen LogP contribution in [0.1, 0.15) is 19.5 Å². The van der Waals surface area contributed by atoms with Gasteiger partial charge >= 0.3 is 4.87 Å².